The monoisotopic (exact) mass is 564 g/mol. The lowest BCUT2D eigenvalue weighted by atomic mass is 10.1. The SMILES string of the molecule is Cc1cc(=O)oc2cc(Oc3nc(NC(=S)Nc4ccccc4Cl)nc(-n4c([N+](=O)[O-])cnc4C)n3)ccc12. The van der Waals surface area contributed by atoms with E-state index >= 15 is 0 Å². The Bertz CT molecular complexity index is 1820. The molecule has 13 nitrogen and oxygen atoms in total. The van der Waals surface area contributed by atoms with Crippen LogP contribution < -0.4 is 21.0 Å². The van der Waals surface area contributed by atoms with E-state index in [1.54, 1.807) is 50.2 Å². The van der Waals surface area contributed by atoms with E-state index in [4.69, 9.17) is 33.0 Å². The minimum absolute atomic E-state index is 0.0786. The van der Waals surface area contributed by atoms with Crippen molar-refractivity contribution in [2.75, 3.05) is 10.6 Å². The number of anilines is 2. The molecule has 0 saturated carbocycles. The van der Waals surface area contributed by atoms with Gasteiger partial charge in [0.1, 0.15) is 17.5 Å². The van der Waals surface area contributed by atoms with Crippen LogP contribution >= 0.6 is 23.8 Å². The van der Waals surface area contributed by atoms with Crippen LogP contribution in [0.2, 0.25) is 5.02 Å². The van der Waals surface area contributed by atoms with E-state index < -0.39 is 10.5 Å². The molecular formula is C24H17ClN8O5S. The van der Waals surface area contributed by atoms with Gasteiger partial charge in [-0.1, -0.05) is 23.7 Å². The Hall–Kier alpha value is -4.95. The van der Waals surface area contributed by atoms with Crippen molar-refractivity contribution in [3.05, 3.63) is 91.7 Å². The van der Waals surface area contributed by atoms with Crippen LogP contribution in [0.3, 0.4) is 0 Å². The summed E-state index contributed by atoms with van der Waals surface area (Å²) in [5, 5.41) is 18.6. The molecule has 0 aliphatic rings. The van der Waals surface area contributed by atoms with Crippen molar-refractivity contribution in [1.82, 2.24) is 24.5 Å². The normalized spacial score (nSPS) is 10.8. The first-order valence-electron chi connectivity index (χ1n) is 11.2. The van der Waals surface area contributed by atoms with E-state index in [2.05, 4.69) is 30.6 Å². The maximum atomic E-state index is 11.8. The predicted octanol–water partition coefficient (Wildman–Crippen LogP) is 4.94. The van der Waals surface area contributed by atoms with E-state index in [9.17, 15) is 14.9 Å². The molecule has 0 bridgehead atoms. The largest absolute Gasteiger partial charge is 0.424 e. The number of thiocarbonyl (C=S) groups is 1. The number of imidazole rings is 1. The van der Waals surface area contributed by atoms with Crippen LogP contribution in [-0.2, 0) is 0 Å². The summed E-state index contributed by atoms with van der Waals surface area (Å²) in [6.45, 7) is 3.34. The molecule has 5 aromatic rings. The zero-order valence-corrected chi connectivity index (χ0v) is 21.8. The number of aryl methyl sites for hydroxylation is 2. The molecule has 0 atom stereocenters. The van der Waals surface area contributed by atoms with Gasteiger partial charge in [0.15, 0.2) is 5.11 Å². The average Bonchev–Trinajstić information content (AvgIpc) is 3.26. The summed E-state index contributed by atoms with van der Waals surface area (Å²) < 4.78 is 12.3. The second-order valence-electron chi connectivity index (χ2n) is 8.07. The van der Waals surface area contributed by atoms with Crippen LogP contribution in [0.5, 0.6) is 11.8 Å². The van der Waals surface area contributed by atoms with Gasteiger partial charge >= 0.3 is 23.4 Å². The third kappa shape index (κ3) is 5.51. The molecule has 0 aliphatic carbocycles. The second-order valence-corrected chi connectivity index (χ2v) is 8.88. The summed E-state index contributed by atoms with van der Waals surface area (Å²) in [6.07, 6.45) is 1.09. The number of hydrogen-bond acceptors (Lipinski definition) is 10. The zero-order chi connectivity index (χ0) is 27.7. The van der Waals surface area contributed by atoms with Crippen LogP contribution in [-0.4, -0.2) is 34.5 Å². The number of rotatable bonds is 6. The second kappa shape index (κ2) is 10.4. The minimum atomic E-state index is -0.616. The predicted molar refractivity (Wildman–Crippen MR) is 147 cm³/mol. The number of nitrogens with one attached hydrogen (secondary N) is 2. The lowest BCUT2D eigenvalue weighted by Crippen LogP contribution is -2.22. The number of fused-ring (bicyclic) bond motifs is 1. The van der Waals surface area contributed by atoms with Crippen molar-refractivity contribution in [2.45, 2.75) is 13.8 Å². The molecule has 3 heterocycles. The Balaban J connectivity index is 1.54. The Morgan fingerprint density at radius 2 is 1.92 bits per heavy atom. The molecule has 0 unspecified atom stereocenters. The fourth-order valence-corrected chi connectivity index (χ4v) is 4.03. The maximum absolute atomic E-state index is 11.8. The summed E-state index contributed by atoms with van der Waals surface area (Å²) >= 11 is 11.6. The van der Waals surface area contributed by atoms with Gasteiger partial charge in [0.05, 0.1) is 10.7 Å². The first-order valence-corrected chi connectivity index (χ1v) is 12.0. The topological polar surface area (TPSA) is 163 Å². The Kier molecular flexibility index (Phi) is 6.87. The lowest BCUT2D eigenvalue weighted by molar-refractivity contribution is -0.391. The standard InChI is InChI=1S/C24H17ClN8O5S/c1-12-9-20(34)38-18-10-14(7-8-15(12)18)37-23-29-21(30-24(39)27-17-6-4-3-5-16(17)25)28-22(31-23)32-13(2)26-11-19(32)33(35)36/h3-11H,1-2H3,(H2,27,28,29,30,31,39). The third-order valence-electron chi connectivity index (χ3n) is 5.39. The number of halogens is 1. The zero-order valence-electron chi connectivity index (χ0n) is 20.2. The number of para-hydroxylation sites is 1. The van der Waals surface area contributed by atoms with Gasteiger partial charge in [0, 0.05) is 24.4 Å². The number of aromatic nitrogens is 5. The molecule has 0 radical (unpaired) electrons. The summed E-state index contributed by atoms with van der Waals surface area (Å²) in [5.41, 5.74) is 1.07. The van der Waals surface area contributed by atoms with Crippen molar-refractivity contribution < 1.29 is 14.1 Å². The van der Waals surface area contributed by atoms with Gasteiger partial charge in [-0.2, -0.15) is 9.97 Å². The number of hydrogen-bond donors (Lipinski definition) is 2. The van der Waals surface area contributed by atoms with E-state index in [-0.39, 0.29) is 40.4 Å². The van der Waals surface area contributed by atoms with Gasteiger partial charge in [0.2, 0.25) is 11.8 Å². The lowest BCUT2D eigenvalue weighted by Gasteiger charge is -2.12. The van der Waals surface area contributed by atoms with Crippen LogP contribution in [0.15, 0.2) is 63.9 Å². The fourth-order valence-electron chi connectivity index (χ4n) is 3.65. The van der Waals surface area contributed by atoms with Crippen molar-refractivity contribution in [1.29, 1.82) is 0 Å². The van der Waals surface area contributed by atoms with Crippen LogP contribution in [0, 0.1) is 24.0 Å². The molecule has 196 valence electrons. The summed E-state index contributed by atoms with van der Waals surface area (Å²) in [4.78, 5) is 39.6. The van der Waals surface area contributed by atoms with Crippen molar-refractivity contribution in [3.8, 4) is 17.7 Å². The number of nitro groups is 1. The molecule has 2 N–H and O–H groups in total. The number of nitrogens with zero attached hydrogens (tertiary/aromatic N) is 6. The highest BCUT2D eigenvalue weighted by Gasteiger charge is 2.24. The molecule has 0 aliphatic heterocycles. The van der Waals surface area contributed by atoms with E-state index in [1.807, 2.05) is 0 Å². The van der Waals surface area contributed by atoms with Crippen molar-refractivity contribution >= 4 is 57.4 Å². The van der Waals surface area contributed by atoms with E-state index in [0.717, 1.165) is 21.7 Å². The molecule has 0 spiro atoms. The van der Waals surface area contributed by atoms with E-state index in [1.165, 1.54) is 12.1 Å². The molecule has 5 rings (SSSR count). The van der Waals surface area contributed by atoms with Crippen LogP contribution in [0.4, 0.5) is 17.5 Å². The van der Waals surface area contributed by atoms with E-state index in [0.29, 0.717) is 16.3 Å². The highest BCUT2D eigenvalue weighted by molar-refractivity contribution is 7.80. The molecule has 0 fully saturated rings. The van der Waals surface area contributed by atoms with Gasteiger partial charge < -0.3 is 29.9 Å². The fraction of sp³-hybridized carbons (Fsp3) is 0.0833. The Morgan fingerprint density at radius 1 is 1.13 bits per heavy atom. The first kappa shape index (κ1) is 25.7. The van der Waals surface area contributed by atoms with Gasteiger partial charge in [-0.15, -0.1) is 9.55 Å². The molecular weight excluding hydrogens is 548 g/mol. The maximum Gasteiger partial charge on any atom is 0.350 e. The highest BCUT2D eigenvalue weighted by atomic mass is 35.5. The summed E-state index contributed by atoms with van der Waals surface area (Å²) in [5.74, 6) is -0.0918. The molecule has 39 heavy (non-hydrogen) atoms. The van der Waals surface area contributed by atoms with Gasteiger partial charge in [0.25, 0.3) is 0 Å². The number of benzene rings is 2. The molecule has 0 saturated heterocycles. The van der Waals surface area contributed by atoms with Crippen LogP contribution in [0.25, 0.3) is 16.9 Å². The minimum Gasteiger partial charge on any atom is -0.424 e. The average molecular weight is 565 g/mol. The van der Waals surface area contributed by atoms with Crippen LogP contribution in [0.1, 0.15) is 11.4 Å². The van der Waals surface area contributed by atoms with Gasteiger partial charge in [-0.05, 0) is 53.9 Å². The smallest absolute Gasteiger partial charge is 0.350 e. The van der Waals surface area contributed by atoms with Gasteiger partial charge in [-0.25, -0.2) is 9.78 Å². The summed E-state index contributed by atoms with van der Waals surface area (Å²) in [6, 6.07) is 13.0. The summed E-state index contributed by atoms with van der Waals surface area (Å²) in [7, 11) is 0. The van der Waals surface area contributed by atoms with Crippen molar-refractivity contribution in [3.63, 3.8) is 0 Å². The quantitative estimate of drug-likeness (QED) is 0.124. The Labute approximate surface area is 229 Å². The first-order chi connectivity index (χ1) is 18.7. The molecule has 15 heteroatoms. The molecule has 0 amide bonds. The highest BCUT2D eigenvalue weighted by Crippen LogP contribution is 2.27. The Morgan fingerprint density at radius 3 is 2.69 bits per heavy atom. The third-order valence-corrected chi connectivity index (χ3v) is 5.92. The number of ether oxygens (including phenoxy) is 1. The molecule has 3 aromatic heterocycles. The van der Waals surface area contributed by atoms with Gasteiger partial charge in [-0.3, -0.25) is 0 Å². The van der Waals surface area contributed by atoms with Crippen molar-refractivity contribution in [2.24, 2.45) is 0 Å². The molecule has 2 aromatic carbocycles.